The Morgan fingerprint density at radius 1 is 1.24 bits per heavy atom. The number of nitrogens with one attached hydrogen (secondary N) is 1. The Morgan fingerprint density at radius 3 is 2.95 bits per heavy atom. The molecule has 1 aliphatic carbocycles. The van der Waals surface area contributed by atoms with Gasteiger partial charge in [-0.2, -0.15) is 0 Å². The molecule has 0 aliphatic heterocycles. The molecule has 0 bridgehead atoms. The highest BCUT2D eigenvalue weighted by Gasteiger charge is 2.18. The number of halogens is 1. The van der Waals surface area contributed by atoms with Crippen molar-refractivity contribution in [2.45, 2.75) is 25.7 Å². The average molecular weight is 300 g/mol. The lowest BCUT2D eigenvalue weighted by atomic mass is 9.97. The summed E-state index contributed by atoms with van der Waals surface area (Å²) in [6, 6.07) is 7.49. The van der Waals surface area contributed by atoms with E-state index in [1.807, 2.05) is 24.3 Å². The third kappa shape index (κ3) is 1.98. The second kappa shape index (κ2) is 4.74. The minimum Gasteiger partial charge on any atom is -0.311 e. The number of aromatic nitrogens is 3. The van der Waals surface area contributed by atoms with Crippen molar-refractivity contribution in [3.8, 4) is 11.3 Å². The quantitative estimate of drug-likeness (QED) is 0.750. The number of rotatable bonds is 1. The van der Waals surface area contributed by atoms with Crippen LogP contribution in [-0.4, -0.2) is 14.4 Å². The monoisotopic (exact) mass is 299 g/mol. The van der Waals surface area contributed by atoms with E-state index in [1.165, 1.54) is 5.56 Å². The van der Waals surface area contributed by atoms with Gasteiger partial charge in [-0.15, -0.1) is 0 Å². The van der Waals surface area contributed by atoms with Crippen molar-refractivity contribution < 1.29 is 0 Å². The number of aryl methyl sites for hydroxylation is 2. The number of hydrogen-bond donors (Lipinski definition) is 1. The summed E-state index contributed by atoms with van der Waals surface area (Å²) in [5.74, 6) is 0. The molecule has 2 heterocycles. The molecule has 0 saturated carbocycles. The lowest BCUT2D eigenvalue weighted by Crippen LogP contribution is -2.23. The first-order chi connectivity index (χ1) is 10.2. The predicted octanol–water partition coefficient (Wildman–Crippen LogP) is 3.22. The first-order valence-corrected chi connectivity index (χ1v) is 7.49. The first-order valence-electron chi connectivity index (χ1n) is 7.11. The highest BCUT2D eigenvalue weighted by atomic mass is 35.5. The molecule has 4 rings (SSSR count). The van der Waals surface area contributed by atoms with Crippen molar-refractivity contribution in [3.05, 3.63) is 57.2 Å². The highest BCUT2D eigenvalue weighted by molar-refractivity contribution is 6.30. The molecule has 4 nitrogen and oxygen atoms in total. The minimum absolute atomic E-state index is 0.127. The van der Waals surface area contributed by atoms with Crippen LogP contribution >= 0.6 is 11.6 Å². The molecule has 0 amide bonds. The number of H-pyrrole nitrogens is 1. The Labute approximate surface area is 126 Å². The van der Waals surface area contributed by atoms with E-state index in [4.69, 9.17) is 11.6 Å². The molecular weight excluding hydrogens is 286 g/mol. The molecule has 0 atom stereocenters. The molecule has 0 fully saturated rings. The molecule has 5 heteroatoms. The fourth-order valence-electron chi connectivity index (χ4n) is 3.10. The topological polar surface area (TPSA) is 50.2 Å². The molecule has 2 aromatic heterocycles. The summed E-state index contributed by atoms with van der Waals surface area (Å²) in [7, 11) is 0. The number of benzene rings is 1. The fourth-order valence-corrected chi connectivity index (χ4v) is 3.29. The summed E-state index contributed by atoms with van der Waals surface area (Å²) in [5.41, 5.74) is 4.55. The zero-order valence-corrected chi connectivity index (χ0v) is 12.2. The summed E-state index contributed by atoms with van der Waals surface area (Å²) >= 11 is 6.05. The van der Waals surface area contributed by atoms with E-state index in [2.05, 4.69) is 9.97 Å². The number of aromatic amines is 1. The Hall–Kier alpha value is -2.07. The van der Waals surface area contributed by atoms with Crippen molar-refractivity contribution in [1.29, 1.82) is 0 Å². The van der Waals surface area contributed by atoms with Gasteiger partial charge < -0.3 is 4.98 Å². The van der Waals surface area contributed by atoms with Crippen LogP contribution in [0.25, 0.3) is 16.9 Å². The molecule has 0 radical (unpaired) electrons. The van der Waals surface area contributed by atoms with Crippen molar-refractivity contribution in [2.24, 2.45) is 0 Å². The Bertz CT molecular complexity index is 894. The van der Waals surface area contributed by atoms with E-state index in [1.54, 1.807) is 10.6 Å². The van der Waals surface area contributed by atoms with Gasteiger partial charge in [-0.05, 0) is 37.8 Å². The Balaban J connectivity index is 2.03. The molecule has 1 N–H and O–H groups in total. The van der Waals surface area contributed by atoms with Gasteiger partial charge >= 0.3 is 5.69 Å². The number of fused-ring (bicyclic) bond motifs is 3. The SMILES string of the molecule is O=c1[nH]c2c(c3ncc(-c4cccc(Cl)c4)n13)CCCC2. The molecule has 0 unspecified atom stereocenters. The normalized spacial score (nSPS) is 14.3. The van der Waals surface area contributed by atoms with Gasteiger partial charge in [0.1, 0.15) is 5.65 Å². The zero-order valence-electron chi connectivity index (χ0n) is 11.4. The number of imidazole rings is 1. The maximum Gasteiger partial charge on any atom is 0.331 e. The minimum atomic E-state index is -0.127. The van der Waals surface area contributed by atoms with Gasteiger partial charge in [-0.25, -0.2) is 14.2 Å². The van der Waals surface area contributed by atoms with Crippen LogP contribution in [0.15, 0.2) is 35.3 Å². The van der Waals surface area contributed by atoms with E-state index in [9.17, 15) is 4.79 Å². The van der Waals surface area contributed by atoms with E-state index in [-0.39, 0.29) is 5.69 Å². The van der Waals surface area contributed by atoms with Crippen LogP contribution in [0.5, 0.6) is 0 Å². The van der Waals surface area contributed by atoms with Crippen LogP contribution in [0.1, 0.15) is 24.1 Å². The summed E-state index contributed by atoms with van der Waals surface area (Å²) < 4.78 is 1.66. The zero-order chi connectivity index (χ0) is 14.4. The largest absolute Gasteiger partial charge is 0.331 e. The second-order valence-corrected chi connectivity index (χ2v) is 5.84. The lowest BCUT2D eigenvalue weighted by Gasteiger charge is -2.15. The van der Waals surface area contributed by atoms with Gasteiger partial charge in [-0.3, -0.25) is 0 Å². The lowest BCUT2D eigenvalue weighted by molar-refractivity contribution is 0.660. The molecule has 0 spiro atoms. The summed E-state index contributed by atoms with van der Waals surface area (Å²) in [6.07, 6.45) is 5.93. The van der Waals surface area contributed by atoms with Crippen LogP contribution in [0.3, 0.4) is 0 Å². The maximum atomic E-state index is 12.4. The van der Waals surface area contributed by atoms with Gasteiger partial charge in [-0.1, -0.05) is 23.7 Å². The summed E-state index contributed by atoms with van der Waals surface area (Å²) in [6.45, 7) is 0. The standard InChI is InChI=1S/C16H14ClN3O/c17-11-5-3-4-10(8-11)14-9-18-15-12-6-1-2-7-13(12)19-16(21)20(14)15/h3-5,8-9H,1-2,6-7H2,(H,19,21). The van der Waals surface area contributed by atoms with Gasteiger partial charge in [0, 0.05) is 21.8 Å². The van der Waals surface area contributed by atoms with E-state index in [0.29, 0.717) is 5.02 Å². The van der Waals surface area contributed by atoms with Crippen LogP contribution in [0, 0.1) is 0 Å². The third-order valence-corrected chi connectivity index (χ3v) is 4.32. The Kier molecular flexibility index (Phi) is 2.86. The van der Waals surface area contributed by atoms with E-state index in [0.717, 1.165) is 48.3 Å². The second-order valence-electron chi connectivity index (χ2n) is 5.41. The molecule has 3 aromatic rings. The van der Waals surface area contributed by atoms with Crippen molar-refractivity contribution in [1.82, 2.24) is 14.4 Å². The van der Waals surface area contributed by atoms with Crippen LogP contribution < -0.4 is 5.69 Å². The maximum absolute atomic E-state index is 12.4. The number of nitrogens with zero attached hydrogens (tertiary/aromatic N) is 2. The Morgan fingerprint density at radius 2 is 2.10 bits per heavy atom. The molecule has 106 valence electrons. The molecule has 0 saturated heterocycles. The van der Waals surface area contributed by atoms with Crippen molar-refractivity contribution in [2.75, 3.05) is 0 Å². The van der Waals surface area contributed by atoms with E-state index < -0.39 is 0 Å². The van der Waals surface area contributed by atoms with Crippen LogP contribution in [0.4, 0.5) is 0 Å². The smallest absolute Gasteiger partial charge is 0.311 e. The van der Waals surface area contributed by atoms with Gasteiger partial charge in [0.25, 0.3) is 0 Å². The summed E-state index contributed by atoms with van der Waals surface area (Å²) in [4.78, 5) is 19.9. The summed E-state index contributed by atoms with van der Waals surface area (Å²) in [5, 5.41) is 0.650. The van der Waals surface area contributed by atoms with Gasteiger partial charge in [0.15, 0.2) is 0 Å². The van der Waals surface area contributed by atoms with Gasteiger partial charge in [0.2, 0.25) is 0 Å². The first kappa shape index (κ1) is 12.7. The van der Waals surface area contributed by atoms with Crippen LogP contribution in [0.2, 0.25) is 5.02 Å². The molecule has 1 aromatic carbocycles. The molecule has 21 heavy (non-hydrogen) atoms. The predicted molar refractivity (Wildman–Crippen MR) is 82.9 cm³/mol. The van der Waals surface area contributed by atoms with Crippen molar-refractivity contribution >= 4 is 17.2 Å². The third-order valence-electron chi connectivity index (χ3n) is 4.08. The molecular formula is C16H14ClN3O. The van der Waals surface area contributed by atoms with Crippen molar-refractivity contribution in [3.63, 3.8) is 0 Å². The molecule has 1 aliphatic rings. The average Bonchev–Trinajstić information content (AvgIpc) is 2.93. The number of hydrogen-bond acceptors (Lipinski definition) is 2. The fraction of sp³-hybridized carbons (Fsp3) is 0.250. The highest BCUT2D eigenvalue weighted by Crippen LogP contribution is 2.26. The van der Waals surface area contributed by atoms with E-state index >= 15 is 0 Å². The van der Waals surface area contributed by atoms with Gasteiger partial charge in [0.05, 0.1) is 11.9 Å². The van der Waals surface area contributed by atoms with Crippen LogP contribution in [-0.2, 0) is 12.8 Å².